The van der Waals surface area contributed by atoms with E-state index in [1.54, 1.807) is 80.0 Å². The van der Waals surface area contributed by atoms with Gasteiger partial charge in [-0.1, -0.05) is 13.3 Å². The van der Waals surface area contributed by atoms with Crippen molar-refractivity contribution in [3.05, 3.63) is 46.2 Å². The van der Waals surface area contributed by atoms with Gasteiger partial charge in [0.1, 0.15) is 23.5 Å². The molecule has 294 valence electrons. The average molecular weight is 787 g/mol. The Hall–Kier alpha value is -4.69. The molecule has 0 aliphatic heterocycles. The molecule has 2 aromatic heterocycles. The molecule has 2 heterocycles. The Morgan fingerprint density at radius 3 is 1.48 bits per heavy atom. The van der Waals surface area contributed by atoms with Crippen LogP contribution in [0.15, 0.2) is 36.4 Å². The van der Waals surface area contributed by atoms with Crippen LogP contribution in [-0.4, -0.2) is 76.2 Å². The second kappa shape index (κ2) is 18.6. The monoisotopic (exact) mass is 786 g/mol. The van der Waals surface area contributed by atoms with Crippen LogP contribution in [-0.2, 0) is 28.6 Å². The van der Waals surface area contributed by atoms with E-state index in [0.717, 1.165) is 20.2 Å². The van der Waals surface area contributed by atoms with E-state index in [-0.39, 0.29) is 12.2 Å². The van der Waals surface area contributed by atoms with Gasteiger partial charge < -0.3 is 33.2 Å². The number of benzene rings is 2. The smallest absolute Gasteiger partial charge is 0.318 e. The van der Waals surface area contributed by atoms with Crippen LogP contribution in [0.4, 0.5) is 0 Å². The first-order valence-corrected chi connectivity index (χ1v) is 18.8. The van der Waals surface area contributed by atoms with Gasteiger partial charge in [-0.2, -0.15) is 0 Å². The zero-order valence-corrected chi connectivity index (χ0v) is 34.6. The molecule has 0 amide bonds. The van der Waals surface area contributed by atoms with Crippen molar-refractivity contribution in [2.75, 3.05) is 35.5 Å². The SMILES string of the molecule is CCCC(C(=O)OC)C(C(=O)OC(C)(C)C)C(=O)c1cc2cc(OC)c(OC)cc2s1.COc1cc2cc(C(=O)CC(=O)OC(C)(C)C)sc2cc1OC. The van der Waals surface area contributed by atoms with E-state index in [4.69, 9.17) is 33.2 Å². The van der Waals surface area contributed by atoms with Crippen molar-refractivity contribution in [3.8, 4) is 23.0 Å². The molecule has 2 unspecified atom stereocenters. The van der Waals surface area contributed by atoms with Crippen LogP contribution >= 0.6 is 22.7 Å². The minimum absolute atomic E-state index is 0.251. The van der Waals surface area contributed by atoms with Crippen molar-refractivity contribution in [3.63, 3.8) is 0 Å². The fourth-order valence-corrected chi connectivity index (χ4v) is 7.51. The number of methoxy groups -OCH3 is 5. The van der Waals surface area contributed by atoms with Gasteiger partial charge in [-0.15, -0.1) is 22.7 Å². The minimum Gasteiger partial charge on any atom is -0.493 e. The van der Waals surface area contributed by atoms with E-state index < -0.39 is 46.7 Å². The standard InChI is InChI=1S/C23H30O7S.C17H20O5S/c1-8-9-14(21(25)29-7)19(22(26)30-23(2,3)4)20(24)18-11-13-10-15(27-5)16(28-6)12-17(13)31-18;1-17(2,3)22-16(19)8-11(18)15-7-10-6-12(20-4)13(21-5)9-14(10)23-15/h10-12,14,19H,8-9H2,1-7H3;6-7,9H,8H2,1-5H3. The normalized spacial score (nSPS) is 12.5. The molecule has 4 aromatic rings. The molecule has 2 atom stereocenters. The van der Waals surface area contributed by atoms with E-state index >= 15 is 0 Å². The largest absolute Gasteiger partial charge is 0.493 e. The van der Waals surface area contributed by atoms with Crippen molar-refractivity contribution in [2.24, 2.45) is 11.8 Å². The van der Waals surface area contributed by atoms with Crippen molar-refractivity contribution in [1.82, 2.24) is 0 Å². The van der Waals surface area contributed by atoms with E-state index in [1.807, 2.05) is 19.1 Å². The summed E-state index contributed by atoms with van der Waals surface area (Å²) in [6, 6.07) is 10.6. The Bertz CT molecular complexity index is 1890. The number of hydrogen-bond donors (Lipinski definition) is 0. The fourth-order valence-electron chi connectivity index (χ4n) is 5.44. The second-order valence-corrected chi connectivity index (χ2v) is 16.4. The first-order chi connectivity index (χ1) is 25.3. The topological polar surface area (TPSA) is 150 Å². The van der Waals surface area contributed by atoms with E-state index in [2.05, 4.69) is 0 Å². The lowest BCUT2D eigenvalue weighted by Gasteiger charge is -2.26. The van der Waals surface area contributed by atoms with Gasteiger partial charge in [0.05, 0.1) is 51.2 Å². The molecule has 12 nitrogen and oxygen atoms in total. The van der Waals surface area contributed by atoms with Crippen LogP contribution in [0.25, 0.3) is 20.2 Å². The number of ether oxygens (including phenoxy) is 7. The number of thiophene rings is 2. The summed E-state index contributed by atoms with van der Waals surface area (Å²) in [5, 5.41) is 1.65. The maximum atomic E-state index is 13.5. The number of carbonyl (C=O) groups excluding carboxylic acids is 5. The van der Waals surface area contributed by atoms with E-state index in [0.29, 0.717) is 45.6 Å². The average Bonchev–Trinajstić information content (AvgIpc) is 3.72. The predicted molar refractivity (Wildman–Crippen MR) is 209 cm³/mol. The highest BCUT2D eigenvalue weighted by atomic mass is 32.1. The molecule has 0 spiro atoms. The van der Waals surface area contributed by atoms with Gasteiger partial charge in [0.2, 0.25) is 0 Å². The van der Waals surface area contributed by atoms with E-state index in [9.17, 15) is 24.0 Å². The quantitative estimate of drug-likeness (QED) is 0.0522. The third-order valence-electron chi connectivity index (χ3n) is 7.74. The van der Waals surface area contributed by atoms with Crippen molar-refractivity contribution in [2.45, 2.75) is 78.9 Å². The number of carbonyl (C=O) groups is 5. The van der Waals surface area contributed by atoms with Crippen LogP contribution in [0, 0.1) is 11.8 Å². The molecule has 0 aliphatic rings. The van der Waals surface area contributed by atoms with Crippen LogP contribution in [0.2, 0.25) is 0 Å². The Balaban J connectivity index is 0.000000303. The molecule has 0 N–H and O–H groups in total. The molecule has 2 aromatic carbocycles. The lowest BCUT2D eigenvalue weighted by Crippen LogP contribution is -2.40. The number of hydrogen-bond acceptors (Lipinski definition) is 14. The lowest BCUT2D eigenvalue weighted by atomic mass is 9.84. The molecule has 0 saturated carbocycles. The first kappa shape index (κ1) is 43.7. The molecule has 4 rings (SSSR count). The summed E-state index contributed by atoms with van der Waals surface area (Å²) in [6.07, 6.45) is 0.667. The van der Waals surface area contributed by atoms with Crippen LogP contribution in [0.5, 0.6) is 23.0 Å². The summed E-state index contributed by atoms with van der Waals surface area (Å²) in [5.41, 5.74) is -1.40. The molecule has 0 fully saturated rings. The van der Waals surface area contributed by atoms with Gasteiger partial charge in [-0.3, -0.25) is 24.0 Å². The molecular formula is C40H50O12S2. The third kappa shape index (κ3) is 11.4. The number of Topliss-reactive ketones (excluding diaryl/α,β-unsaturated/α-hetero) is 2. The van der Waals surface area contributed by atoms with Gasteiger partial charge in [0.15, 0.2) is 34.6 Å². The molecule has 14 heteroatoms. The van der Waals surface area contributed by atoms with Crippen molar-refractivity contribution < 1.29 is 57.1 Å². The summed E-state index contributed by atoms with van der Waals surface area (Å²) >= 11 is 2.55. The minimum atomic E-state index is -1.29. The second-order valence-electron chi connectivity index (χ2n) is 14.2. The number of ketones is 2. The highest BCUT2D eigenvalue weighted by Crippen LogP contribution is 2.39. The zero-order valence-electron chi connectivity index (χ0n) is 33.0. The summed E-state index contributed by atoms with van der Waals surface area (Å²) in [7, 11) is 7.44. The Morgan fingerprint density at radius 1 is 0.611 bits per heavy atom. The van der Waals surface area contributed by atoms with Crippen LogP contribution in [0.3, 0.4) is 0 Å². The molecular weight excluding hydrogens is 737 g/mol. The maximum Gasteiger partial charge on any atom is 0.318 e. The first-order valence-electron chi connectivity index (χ1n) is 17.2. The Kier molecular flexibility index (Phi) is 15.0. The van der Waals surface area contributed by atoms with Gasteiger partial charge in [0.25, 0.3) is 0 Å². The Morgan fingerprint density at radius 2 is 1.06 bits per heavy atom. The molecule has 0 saturated heterocycles. The van der Waals surface area contributed by atoms with E-state index in [1.165, 1.54) is 44.0 Å². The summed E-state index contributed by atoms with van der Waals surface area (Å²) < 4.78 is 38.5. The maximum absolute atomic E-state index is 13.5. The van der Waals surface area contributed by atoms with Crippen LogP contribution < -0.4 is 18.9 Å². The summed E-state index contributed by atoms with van der Waals surface area (Å²) in [4.78, 5) is 64.0. The summed E-state index contributed by atoms with van der Waals surface area (Å²) in [5.74, 6) is -2.49. The van der Waals surface area contributed by atoms with Gasteiger partial charge >= 0.3 is 17.9 Å². The Labute approximate surface area is 323 Å². The van der Waals surface area contributed by atoms with Gasteiger partial charge in [-0.25, -0.2) is 0 Å². The summed E-state index contributed by atoms with van der Waals surface area (Å²) in [6.45, 7) is 12.4. The van der Waals surface area contributed by atoms with Crippen LogP contribution in [0.1, 0.15) is 87.1 Å². The molecule has 0 radical (unpaired) electrons. The van der Waals surface area contributed by atoms with Crippen molar-refractivity contribution in [1.29, 1.82) is 0 Å². The highest BCUT2D eigenvalue weighted by Gasteiger charge is 2.43. The molecule has 0 aliphatic carbocycles. The number of esters is 3. The lowest BCUT2D eigenvalue weighted by molar-refractivity contribution is -0.165. The van der Waals surface area contributed by atoms with Crippen molar-refractivity contribution >= 4 is 72.3 Å². The zero-order chi connectivity index (χ0) is 40.5. The highest BCUT2D eigenvalue weighted by molar-refractivity contribution is 7.21. The fraction of sp³-hybridized carbons (Fsp3) is 0.475. The van der Waals surface area contributed by atoms with Gasteiger partial charge in [0, 0.05) is 21.5 Å². The number of rotatable bonds is 14. The predicted octanol–water partition coefficient (Wildman–Crippen LogP) is 8.48. The van der Waals surface area contributed by atoms with Gasteiger partial charge in [-0.05, 0) is 83.0 Å². The molecule has 0 bridgehead atoms. The molecule has 54 heavy (non-hydrogen) atoms. The number of fused-ring (bicyclic) bond motifs is 2. The third-order valence-corrected chi connectivity index (χ3v) is 9.99.